The topological polar surface area (TPSA) is 58.8 Å². The largest absolute Gasteiger partial charge is 0.364 e. The van der Waals surface area contributed by atoms with Gasteiger partial charge in [-0.25, -0.2) is 0 Å². The summed E-state index contributed by atoms with van der Waals surface area (Å²) in [6.45, 7) is 3.40. The van der Waals surface area contributed by atoms with Gasteiger partial charge in [-0.2, -0.15) is 0 Å². The van der Waals surface area contributed by atoms with Crippen molar-refractivity contribution in [3.8, 4) is 0 Å². The fourth-order valence-corrected chi connectivity index (χ4v) is 3.12. The Balaban J connectivity index is 1.76. The number of ether oxygens (including phenoxy) is 1. The third kappa shape index (κ3) is 3.91. The average Bonchev–Trinajstić information content (AvgIpc) is 2.87. The van der Waals surface area contributed by atoms with Crippen molar-refractivity contribution in [3.63, 3.8) is 0 Å². The lowest BCUT2D eigenvalue weighted by atomic mass is 9.96. The van der Waals surface area contributed by atoms with Crippen molar-refractivity contribution in [1.29, 1.82) is 0 Å². The van der Waals surface area contributed by atoms with Gasteiger partial charge in [0.2, 0.25) is 0 Å². The highest BCUT2D eigenvalue weighted by molar-refractivity contribution is 5.81. The van der Waals surface area contributed by atoms with E-state index in [2.05, 4.69) is 19.0 Å². The highest BCUT2D eigenvalue weighted by Crippen LogP contribution is 2.24. The molecule has 2 aliphatic heterocycles. The number of piperidine rings is 1. The van der Waals surface area contributed by atoms with Crippen LogP contribution in [0.1, 0.15) is 25.7 Å². The predicted molar refractivity (Wildman–Crippen MR) is 74.8 cm³/mol. The lowest BCUT2D eigenvalue weighted by Gasteiger charge is -2.34. The molecule has 2 rings (SSSR count). The second-order valence-electron chi connectivity index (χ2n) is 6.09. The number of nitrogens with zero attached hydrogens (tertiary/aromatic N) is 2. The van der Waals surface area contributed by atoms with E-state index in [9.17, 15) is 4.79 Å². The van der Waals surface area contributed by atoms with E-state index in [4.69, 9.17) is 10.5 Å². The number of carbonyl (C=O) groups excluding carboxylic acids is 1. The van der Waals surface area contributed by atoms with E-state index in [-0.39, 0.29) is 18.1 Å². The van der Waals surface area contributed by atoms with Crippen molar-refractivity contribution in [3.05, 3.63) is 0 Å². The van der Waals surface area contributed by atoms with Gasteiger partial charge in [-0.05, 0) is 45.7 Å². The van der Waals surface area contributed by atoms with Crippen LogP contribution in [0.3, 0.4) is 0 Å². The molecule has 0 aromatic rings. The fourth-order valence-electron chi connectivity index (χ4n) is 3.12. The van der Waals surface area contributed by atoms with Crippen LogP contribution in [0.15, 0.2) is 0 Å². The van der Waals surface area contributed by atoms with Crippen molar-refractivity contribution in [2.45, 2.75) is 37.9 Å². The van der Waals surface area contributed by atoms with Gasteiger partial charge in [0.15, 0.2) is 0 Å². The molecule has 0 bridgehead atoms. The molecule has 2 unspecified atom stereocenters. The van der Waals surface area contributed by atoms with Crippen LogP contribution in [0.25, 0.3) is 0 Å². The lowest BCUT2D eigenvalue weighted by molar-refractivity contribution is -0.144. The maximum Gasteiger partial charge on any atom is 0.251 e. The molecule has 5 heteroatoms. The minimum absolute atomic E-state index is 0.0835. The zero-order chi connectivity index (χ0) is 13.8. The van der Waals surface area contributed by atoms with E-state index >= 15 is 0 Å². The molecule has 2 heterocycles. The van der Waals surface area contributed by atoms with E-state index in [1.807, 2.05) is 4.90 Å². The molecular formula is C14H27N3O2. The van der Waals surface area contributed by atoms with E-state index in [1.54, 1.807) is 0 Å². The maximum atomic E-state index is 12.3. The number of likely N-dealkylation sites (tertiary alicyclic amines) is 1. The summed E-state index contributed by atoms with van der Waals surface area (Å²) in [7, 11) is 4.22. The Hall–Kier alpha value is -0.650. The Labute approximate surface area is 116 Å². The van der Waals surface area contributed by atoms with Crippen molar-refractivity contribution >= 4 is 5.91 Å². The first kappa shape index (κ1) is 14.8. The van der Waals surface area contributed by atoms with Crippen LogP contribution in [0.5, 0.6) is 0 Å². The average molecular weight is 269 g/mol. The number of amides is 1. The van der Waals surface area contributed by atoms with Gasteiger partial charge < -0.3 is 20.3 Å². The number of hydrogen-bond acceptors (Lipinski definition) is 4. The predicted octanol–water partition coefficient (Wildman–Crippen LogP) is 0.293. The van der Waals surface area contributed by atoms with Gasteiger partial charge in [0.1, 0.15) is 6.10 Å². The Kier molecular flexibility index (Phi) is 5.19. The summed E-state index contributed by atoms with van der Waals surface area (Å²) in [6.07, 6.45) is 3.81. The van der Waals surface area contributed by atoms with Gasteiger partial charge in [0.05, 0.1) is 6.10 Å². The van der Waals surface area contributed by atoms with Gasteiger partial charge >= 0.3 is 0 Å². The monoisotopic (exact) mass is 269 g/mol. The highest BCUT2D eigenvalue weighted by Gasteiger charge is 2.34. The van der Waals surface area contributed by atoms with Crippen molar-refractivity contribution in [2.75, 3.05) is 40.3 Å². The molecule has 19 heavy (non-hydrogen) atoms. The molecule has 0 aliphatic carbocycles. The first-order valence-corrected chi connectivity index (χ1v) is 7.39. The summed E-state index contributed by atoms with van der Waals surface area (Å²) in [6, 6.07) is 0. The molecule has 2 fully saturated rings. The summed E-state index contributed by atoms with van der Waals surface area (Å²) in [4.78, 5) is 16.6. The highest BCUT2D eigenvalue weighted by atomic mass is 16.5. The third-order valence-electron chi connectivity index (χ3n) is 4.20. The van der Waals surface area contributed by atoms with Gasteiger partial charge in [0.25, 0.3) is 5.91 Å². The summed E-state index contributed by atoms with van der Waals surface area (Å²) in [5.74, 6) is 0.902. The van der Waals surface area contributed by atoms with Crippen molar-refractivity contribution in [2.24, 2.45) is 11.7 Å². The van der Waals surface area contributed by atoms with Gasteiger partial charge in [-0.1, -0.05) is 0 Å². The first-order chi connectivity index (χ1) is 9.10. The maximum absolute atomic E-state index is 12.3. The molecule has 2 aliphatic rings. The van der Waals surface area contributed by atoms with E-state index in [0.717, 1.165) is 51.2 Å². The van der Waals surface area contributed by atoms with E-state index in [1.165, 1.54) is 0 Å². The summed E-state index contributed by atoms with van der Waals surface area (Å²) < 4.78 is 5.69. The number of carbonyl (C=O) groups is 1. The third-order valence-corrected chi connectivity index (χ3v) is 4.20. The zero-order valence-electron chi connectivity index (χ0n) is 12.2. The van der Waals surface area contributed by atoms with Crippen LogP contribution in [-0.4, -0.2) is 68.2 Å². The molecular weight excluding hydrogens is 242 g/mol. The molecule has 0 aromatic heterocycles. The number of rotatable bonds is 4. The minimum Gasteiger partial charge on any atom is -0.364 e. The second kappa shape index (κ2) is 6.68. The Morgan fingerprint density at radius 1 is 1.26 bits per heavy atom. The molecule has 5 nitrogen and oxygen atoms in total. The summed E-state index contributed by atoms with van der Waals surface area (Å²) in [5.41, 5.74) is 5.58. The van der Waals surface area contributed by atoms with Crippen LogP contribution >= 0.6 is 0 Å². The Bertz CT molecular complexity index is 301. The first-order valence-electron chi connectivity index (χ1n) is 7.39. The molecule has 0 spiro atoms. The van der Waals surface area contributed by atoms with E-state index in [0.29, 0.717) is 6.54 Å². The molecule has 2 saturated heterocycles. The number of nitrogens with two attached hydrogens (primary N) is 1. The van der Waals surface area contributed by atoms with Gasteiger partial charge in [-0.15, -0.1) is 0 Å². The van der Waals surface area contributed by atoms with Crippen LogP contribution in [0, 0.1) is 5.92 Å². The van der Waals surface area contributed by atoms with E-state index < -0.39 is 0 Å². The van der Waals surface area contributed by atoms with Crippen LogP contribution in [0.4, 0.5) is 0 Å². The summed E-state index contributed by atoms with van der Waals surface area (Å²) in [5, 5.41) is 0. The molecule has 1 amide bonds. The molecule has 110 valence electrons. The second-order valence-corrected chi connectivity index (χ2v) is 6.09. The standard InChI is InChI=1S/C14H27N3O2/c1-16(2)10-11-5-7-17(8-6-11)14(18)13-4-3-12(9-15)19-13/h11-13H,3-10,15H2,1-2H3. The molecule has 0 aromatic carbocycles. The summed E-state index contributed by atoms with van der Waals surface area (Å²) >= 11 is 0. The molecule has 2 atom stereocenters. The van der Waals surface area contributed by atoms with Gasteiger partial charge in [0, 0.05) is 26.2 Å². The van der Waals surface area contributed by atoms with Gasteiger partial charge in [-0.3, -0.25) is 4.79 Å². The van der Waals surface area contributed by atoms with Crippen LogP contribution < -0.4 is 5.73 Å². The molecule has 2 N–H and O–H groups in total. The number of hydrogen-bond donors (Lipinski definition) is 1. The zero-order valence-corrected chi connectivity index (χ0v) is 12.2. The molecule has 0 radical (unpaired) electrons. The SMILES string of the molecule is CN(C)CC1CCN(C(=O)C2CCC(CN)O2)CC1. The van der Waals surface area contributed by atoms with Crippen LogP contribution in [-0.2, 0) is 9.53 Å². The Morgan fingerprint density at radius 3 is 2.47 bits per heavy atom. The molecule has 0 saturated carbocycles. The van der Waals surface area contributed by atoms with Crippen LogP contribution in [0.2, 0.25) is 0 Å². The smallest absolute Gasteiger partial charge is 0.251 e. The van der Waals surface area contributed by atoms with Crippen molar-refractivity contribution in [1.82, 2.24) is 9.80 Å². The fraction of sp³-hybridized carbons (Fsp3) is 0.929. The minimum atomic E-state index is -0.237. The quantitative estimate of drug-likeness (QED) is 0.797. The Morgan fingerprint density at radius 2 is 1.95 bits per heavy atom. The lowest BCUT2D eigenvalue weighted by Crippen LogP contribution is -2.45. The van der Waals surface area contributed by atoms with Crippen molar-refractivity contribution < 1.29 is 9.53 Å². The normalized spacial score (nSPS) is 29.2.